The molecule has 110 valence electrons. The molecular weight excluding hydrogens is 266 g/mol. The third-order valence-corrected chi connectivity index (χ3v) is 5.65. The van der Waals surface area contributed by atoms with Crippen molar-refractivity contribution in [3.63, 3.8) is 0 Å². The molecule has 1 N–H and O–H groups in total. The first kappa shape index (κ1) is 12.9. The Morgan fingerprint density at radius 2 is 2.10 bits per heavy atom. The minimum atomic E-state index is -0.209. The van der Waals surface area contributed by atoms with E-state index in [1.165, 1.54) is 0 Å². The van der Waals surface area contributed by atoms with Crippen molar-refractivity contribution in [2.75, 3.05) is 5.32 Å². The molecule has 1 aromatic carbocycles. The predicted octanol–water partition coefficient (Wildman–Crippen LogP) is 2.44. The van der Waals surface area contributed by atoms with Crippen LogP contribution in [0.25, 0.3) is 0 Å². The lowest BCUT2D eigenvalue weighted by atomic mass is 9.79. The molecule has 0 radical (unpaired) electrons. The zero-order chi connectivity index (χ0) is 14.7. The van der Waals surface area contributed by atoms with E-state index >= 15 is 0 Å². The molecular formula is C17H19NO3. The Morgan fingerprint density at radius 1 is 1.29 bits per heavy atom. The van der Waals surface area contributed by atoms with Crippen LogP contribution in [0, 0.1) is 37.5 Å². The molecule has 1 heterocycles. The molecule has 3 aliphatic rings. The first-order valence-corrected chi connectivity index (χ1v) is 7.64. The molecule has 2 bridgehead atoms. The van der Waals surface area contributed by atoms with Crippen LogP contribution < -0.4 is 5.32 Å². The quantitative estimate of drug-likeness (QED) is 0.849. The molecule has 2 aliphatic carbocycles. The summed E-state index contributed by atoms with van der Waals surface area (Å²) in [4.78, 5) is 24.7. The molecule has 1 amide bonds. The largest absolute Gasteiger partial charge is 0.462 e. The smallest absolute Gasteiger partial charge is 0.310 e. The number of rotatable bonds is 2. The second-order valence-corrected chi connectivity index (χ2v) is 6.66. The Kier molecular flexibility index (Phi) is 2.65. The Bertz CT molecular complexity index is 637. The highest BCUT2D eigenvalue weighted by atomic mass is 16.6. The van der Waals surface area contributed by atoms with Gasteiger partial charge in [-0.1, -0.05) is 12.1 Å². The summed E-state index contributed by atoms with van der Waals surface area (Å²) in [6.45, 7) is 4.03. The van der Waals surface area contributed by atoms with Gasteiger partial charge in [-0.3, -0.25) is 9.59 Å². The van der Waals surface area contributed by atoms with E-state index in [9.17, 15) is 9.59 Å². The van der Waals surface area contributed by atoms with Crippen molar-refractivity contribution in [2.45, 2.75) is 32.8 Å². The number of hydrogen-bond donors (Lipinski definition) is 1. The van der Waals surface area contributed by atoms with Crippen molar-refractivity contribution in [3.8, 4) is 0 Å². The molecule has 4 heteroatoms. The highest BCUT2D eigenvalue weighted by Gasteiger charge is 2.63. The molecule has 4 rings (SSSR count). The number of aryl methyl sites for hydroxylation is 1. The summed E-state index contributed by atoms with van der Waals surface area (Å²) in [7, 11) is 0. The normalized spacial score (nSPS) is 35.9. The third kappa shape index (κ3) is 1.74. The number of ether oxygens (including phenoxy) is 1. The van der Waals surface area contributed by atoms with Gasteiger partial charge in [-0.2, -0.15) is 0 Å². The number of amides is 1. The fourth-order valence-electron chi connectivity index (χ4n) is 4.47. The standard InChI is InChI=1S/C17H19NO3/c1-8-4-3-5-12(9(8)2)18-16(19)14-10-6-11-13(7-10)21-17(20)15(11)14/h3-5,10-11,13-15H,6-7H2,1-2H3,(H,18,19)/t10-,11+,13-,14+,15+/m1/s1. The summed E-state index contributed by atoms with van der Waals surface area (Å²) in [6.07, 6.45) is 1.90. The Balaban J connectivity index is 1.59. The van der Waals surface area contributed by atoms with Crippen molar-refractivity contribution in [3.05, 3.63) is 29.3 Å². The van der Waals surface area contributed by atoms with Crippen molar-refractivity contribution in [1.82, 2.24) is 0 Å². The summed E-state index contributed by atoms with van der Waals surface area (Å²) in [5.41, 5.74) is 3.09. The molecule has 4 nitrogen and oxygen atoms in total. The van der Waals surface area contributed by atoms with Gasteiger partial charge in [0, 0.05) is 11.6 Å². The van der Waals surface area contributed by atoms with Gasteiger partial charge in [-0.05, 0) is 49.8 Å². The molecule has 5 atom stereocenters. The lowest BCUT2D eigenvalue weighted by molar-refractivity contribution is -0.145. The monoisotopic (exact) mass is 285 g/mol. The van der Waals surface area contributed by atoms with Gasteiger partial charge in [0.15, 0.2) is 0 Å². The first-order chi connectivity index (χ1) is 10.1. The summed E-state index contributed by atoms with van der Waals surface area (Å²) in [5.74, 6) is -0.0111. The number of carbonyl (C=O) groups is 2. The van der Waals surface area contributed by atoms with Gasteiger partial charge in [-0.25, -0.2) is 0 Å². The highest BCUT2D eigenvalue weighted by molar-refractivity contribution is 5.97. The topological polar surface area (TPSA) is 55.4 Å². The highest BCUT2D eigenvalue weighted by Crippen LogP contribution is 2.57. The average molecular weight is 285 g/mol. The van der Waals surface area contributed by atoms with Gasteiger partial charge >= 0.3 is 5.97 Å². The number of anilines is 1. The zero-order valence-corrected chi connectivity index (χ0v) is 12.3. The molecule has 0 aromatic heterocycles. The molecule has 3 fully saturated rings. The van der Waals surface area contributed by atoms with Crippen LogP contribution >= 0.6 is 0 Å². The van der Waals surface area contributed by atoms with Crippen molar-refractivity contribution in [1.29, 1.82) is 0 Å². The lowest BCUT2D eigenvalue weighted by Crippen LogP contribution is -2.36. The molecule has 0 spiro atoms. The van der Waals surface area contributed by atoms with Crippen molar-refractivity contribution in [2.24, 2.45) is 23.7 Å². The average Bonchev–Trinajstić information content (AvgIpc) is 3.05. The van der Waals surface area contributed by atoms with Gasteiger partial charge in [0.05, 0.1) is 11.8 Å². The van der Waals surface area contributed by atoms with Crippen molar-refractivity contribution < 1.29 is 14.3 Å². The Morgan fingerprint density at radius 3 is 2.90 bits per heavy atom. The van der Waals surface area contributed by atoms with Crippen LogP contribution in [0.15, 0.2) is 18.2 Å². The van der Waals surface area contributed by atoms with Gasteiger partial charge in [-0.15, -0.1) is 0 Å². The summed E-state index contributed by atoms with van der Waals surface area (Å²) in [5, 5.41) is 3.03. The summed E-state index contributed by atoms with van der Waals surface area (Å²) >= 11 is 0. The number of esters is 1. The second-order valence-electron chi connectivity index (χ2n) is 6.66. The fourth-order valence-corrected chi connectivity index (χ4v) is 4.47. The minimum absolute atomic E-state index is 0.0153. The van der Waals surface area contributed by atoms with Gasteiger partial charge in [0.25, 0.3) is 0 Å². The maximum atomic E-state index is 12.7. The first-order valence-electron chi connectivity index (χ1n) is 7.64. The van der Waals surface area contributed by atoms with E-state index in [1.807, 2.05) is 32.0 Å². The summed E-state index contributed by atoms with van der Waals surface area (Å²) in [6, 6.07) is 5.89. The lowest BCUT2D eigenvalue weighted by Gasteiger charge is -2.24. The van der Waals surface area contributed by atoms with Gasteiger partial charge in [0.1, 0.15) is 6.10 Å². The van der Waals surface area contributed by atoms with Crippen LogP contribution in [0.1, 0.15) is 24.0 Å². The van der Waals surface area contributed by atoms with Crippen LogP contribution in [0.4, 0.5) is 5.69 Å². The molecule has 21 heavy (non-hydrogen) atoms. The predicted molar refractivity (Wildman–Crippen MR) is 77.6 cm³/mol. The summed E-state index contributed by atoms with van der Waals surface area (Å²) < 4.78 is 5.39. The van der Waals surface area contributed by atoms with E-state index in [0.29, 0.717) is 5.92 Å². The number of carbonyl (C=O) groups excluding carboxylic acids is 2. The molecule has 1 aromatic rings. The minimum Gasteiger partial charge on any atom is -0.462 e. The second kappa shape index (κ2) is 4.33. The molecule has 1 saturated heterocycles. The van der Waals surface area contributed by atoms with Crippen LogP contribution in [0.5, 0.6) is 0 Å². The van der Waals surface area contributed by atoms with Crippen LogP contribution in [0.2, 0.25) is 0 Å². The van der Waals surface area contributed by atoms with E-state index in [0.717, 1.165) is 29.7 Å². The van der Waals surface area contributed by atoms with E-state index in [2.05, 4.69) is 5.32 Å². The number of fused-ring (bicyclic) bond motifs is 1. The molecule has 0 unspecified atom stereocenters. The third-order valence-electron chi connectivity index (χ3n) is 5.65. The van der Waals surface area contributed by atoms with Gasteiger partial charge in [0.2, 0.25) is 5.91 Å². The van der Waals surface area contributed by atoms with Crippen LogP contribution in [-0.2, 0) is 14.3 Å². The maximum Gasteiger partial charge on any atom is 0.310 e. The Hall–Kier alpha value is -1.84. The SMILES string of the molecule is Cc1cccc(NC(=O)[C@H]2[C@@H]3C[C@@H]4[C@@H]2C(=O)O[C@@H]4C3)c1C. The van der Waals surface area contributed by atoms with E-state index < -0.39 is 0 Å². The van der Waals surface area contributed by atoms with E-state index in [1.54, 1.807) is 0 Å². The maximum absolute atomic E-state index is 12.7. The molecule has 1 aliphatic heterocycles. The van der Waals surface area contributed by atoms with Crippen LogP contribution in [0.3, 0.4) is 0 Å². The molecule has 2 saturated carbocycles. The number of benzene rings is 1. The zero-order valence-electron chi connectivity index (χ0n) is 12.3. The fraction of sp³-hybridized carbons (Fsp3) is 0.529. The van der Waals surface area contributed by atoms with Crippen LogP contribution in [-0.4, -0.2) is 18.0 Å². The number of hydrogen-bond acceptors (Lipinski definition) is 3. The Labute approximate surface area is 123 Å². The van der Waals surface area contributed by atoms with E-state index in [-0.39, 0.29) is 35.7 Å². The van der Waals surface area contributed by atoms with Crippen molar-refractivity contribution >= 4 is 17.6 Å². The number of nitrogens with one attached hydrogen (secondary N) is 1. The van der Waals surface area contributed by atoms with E-state index in [4.69, 9.17) is 4.74 Å². The van der Waals surface area contributed by atoms with Gasteiger partial charge < -0.3 is 10.1 Å².